The van der Waals surface area contributed by atoms with E-state index in [0.717, 1.165) is 0 Å². The van der Waals surface area contributed by atoms with Crippen LogP contribution in [0.15, 0.2) is 18.2 Å². The zero-order valence-electron chi connectivity index (χ0n) is 10.9. The first-order valence-electron chi connectivity index (χ1n) is 6.23. The summed E-state index contributed by atoms with van der Waals surface area (Å²) in [5.41, 5.74) is 3.02. The van der Waals surface area contributed by atoms with Crippen LogP contribution in [0.25, 0.3) is 0 Å². The van der Waals surface area contributed by atoms with Crippen molar-refractivity contribution in [3.05, 3.63) is 35.1 Å². The molecule has 6 heteroatoms. The molecule has 1 aliphatic rings. The van der Waals surface area contributed by atoms with E-state index in [9.17, 15) is 9.18 Å². The van der Waals surface area contributed by atoms with Gasteiger partial charge in [0.1, 0.15) is 12.4 Å². The Balaban J connectivity index is 2.05. The monoisotopic (exact) mass is 278 g/mol. The molecule has 2 N–H and O–H groups in total. The van der Waals surface area contributed by atoms with Gasteiger partial charge >= 0.3 is 0 Å². The van der Waals surface area contributed by atoms with Crippen LogP contribution in [0.3, 0.4) is 0 Å². The Morgan fingerprint density at radius 1 is 1.45 bits per heavy atom. The van der Waals surface area contributed by atoms with E-state index >= 15 is 0 Å². The molecule has 0 aromatic heterocycles. The van der Waals surface area contributed by atoms with E-state index in [1.165, 1.54) is 12.1 Å². The Hall–Kier alpha value is -1.94. The quantitative estimate of drug-likeness (QED) is 0.756. The van der Waals surface area contributed by atoms with E-state index in [0.29, 0.717) is 31.9 Å². The molecule has 1 saturated heterocycles. The van der Waals surface area contributed by atoms with Gasteiger partial charge in [0.05, 0.1) is 18.8 Å². The molecule has 1 heterocycles. The molecule has 1 amide bonds. The summed E-state index contributed by atoms with van der Waals surface area (Å²) in [6.07, 6.45) is 0. The molecule has 0 saturated carbocycles. The summed E-state index contributed by atoms with van der Waals surface area (Å²) in [6.45, 7) is 1.94. The van der Waals surface area contributed by atoms with Gasteiger partial charge in [-0.25, -0.2) is 9.40 Å². The minimum Gasteiger partial charge on any atom is -0.384 e. The molecule has 1 aromatic carbocycles. The summed E-state index contributed by atoms with van der Waals surface area (Å²) < 4.78 is 19.0. The van der Waals surface area contributed by atoms with Gasteiger partial charge in [-0.1, -0.05) is 11.8 Å². The number of aliphatic hydroxyl groups is 1. The van der Waals surface area contributed by atoms with Gasteiger partial charge in [-0.3, -0.25) is 10.2 Å². The summed E-state index contributed by atoms with van der Waals surface area (Å²) in [6, 6.07) is 4.10. The third-order valence-electron chi connectivity index (χ3n) is 2.80. The highest BCUT2D eigenvalue weighted by atomic mass is 19.1. The number of morpholine rings is 1. The number of nitrogens with zero attached hydrogens (tertiary/aromatic N) is 1. The van der Waals surface area contributed by atoms with Crippen molar-refractivity contribution in [1.82, 2.24) is 10.4 Å². The van der Waals surface area contributed by atoms with Crippen molar-refractivity contribution in [3.63, 3.8) is 0 Å². The normalized spacial score (nSPS) is 15.3. The number of benzene rings is 1. The Bertz CT molecular complexity index is 545. The van der Waals surface area contributed by atoms with Crippen molar-refractivity contribution < 1.29 is 19.0 Å². The van der Waals surface area contributed by atoms with Gasteiger partial charge in [0.25, 0.3) is 5.91 Å². The highest BCUT2D eigenvalue weighted by molar-refractivity contribution is 5.94. The van der Waals surface area contributed by atoms with Crippen LogP contribution >= 0.6 is 0 Å². The van der Waals surface area contributed by atoms with Crippen LogP contribution in [0.5, 0.6) is 0 Å². The molecule has 0 spiro atoms. The lowest BCUT2D eigenvalue weighted by molar-refractivity contribution is 0.0125. The number of hydrogen-bond donors (Lipinski definition) is 2. The summed E-state index contributed by atoms with van der Waals surface area (Å²) in [7, 11) is 0. The van der Waals surface area contributed by atoms with Gasteiger partial charge in [-0.15, -0.1) is 0 Å². The Morgan fingerprint density at radius 3 is 2.85 bits per heavy atom. The first-order chi connectivity index (χ1) is 9.70. The van der Waals surface area contributed by atoms with Crippen LogP contribution in [0.1, 0.15) is 15.9 Å². The lowest BCUT2D eigenvalue weighted by Crippen LogP contribution is -2.48. The third-order valence-corrected chi connectivity index (χ3v) is 2.80. The number of ether oxygens (including phenoxy) is 1. The summed E-state index contributed by atoms with van der Waals surface area (Å²) in [5.74, 6) is 3.87. The van der Waals surface area contributed by atoms with Gasteiger partial charge in [0.15, 0.2) is 0 Å². The van der Waals surface area contributed by atoms with Crippen molar-refractivity contribution in [2.75, 3.05) is 32.9 Å². The maximum atomic E-state index is 13.8. The number of carbonyl (C=O) groups is 1. The van der Waals surface area contributed by atoms with Crippen LogP contribution in [0.2, 0.25) is 0 Å². The highest BCUT2D eigenvalue weighted by Crippen LogP contribution is 2.10. The molecule has 20 heavy (non-hydrogen) atoms. The van der Waals surface area contributed by atoms with Crippen molar-refractivity contribution >= 4 is 5.91 Å². The molecule has 0 aliphatic carbocycles. The molecule has 0 radical (unpaired) electrons. The molecule has 0 bridgehead atoms. The molecule has 106 valence electrons. The first-order valence-corrected chi connectivity index (χ1v) is 6.23. The highest BCUT2D eigenvalue weighted by Gasteiger charge is 2.17. The minimum absolute atomic E-state index is 0.0361. The average molecular weight is 278 g/mol. The van der Waals surface area contributed by atoms with Gasteiger partial charge in [-0.05, 0) is 18.2 Å². The van der Waals surface area contributed by atoms with E-state index in [1.54, 1.807) is 11.1 Å². The number of amides is 1. The predicted octanol–water partition coefficient (Wildman–Crippen LogP) is 0.147. The molecule has 2 rings (SSSR count). The third kappa shape index (κ3) is 3.78. The SMILES string of the molecule is O=C(NN1CCOCC1)c1ccc(C#CCO)cc1F. The number of halogens is 1. The molecule has 5 nitrogen and oxygen atoms in total. The summed E-state index contributed by atoms with van der Waals surface area (Å²) in [4.78, 5) is 11.9. The molecule has 1 aliphatic heterocycles. The Morgan fingerprint density at radius 2 is 2.20 bits per heavy atom. The van der Waals surface area contributed by atoms with Crippen molar-refractivity contribution in [2.45, 2.75) is 0 Å². The lowest BCUT2D eigenvalue weighted by Gasteiger charge is -2.26. The van der Waals surface area contributed by atoms with Gasteiger partial charge < -0.3 is 9.84 Å². The fraction of sp³-hybridized carbons (Fsp3) is 0.357. The standard InChI is InChI=1S/C14H15FN2O3/c15-13-10-11(2-1-7-18)3-4-12(13)14(19)16-17-5-8-20-9-6-17/h3-4,10,18H,5-9H2,(H,16,19). The molecule has 0 unspecified atom stereocenters. The van der Waals surface area contributed by atoms with Gasteiger partial charge in [-0.2, -0.15) is 0 Å². The minimum atomic E-state index is -0.638. The predicted molar refractivity (Wildman–Crippen MR) is 70.2 cm³/mol. The number of carbonyl (C=O) groups excluding carboxylic acids is 1. The van der Waals surface area contributed by atoms with Crippen LogP contribution in [0, 0.1) is 17.7 Å². The van der Waals surface area contributed by atoms with E-state index in [2.05, 4.69) is 17.3 Å². The van der Waals surface area contributed by atoms with Gasteiger partial charge in [0, 0.05) is 18.7 Å². The first kappa shape index (κ1) is 14.5. The Labute approximate surface area is 116 Å². The van der Waals surface area contributed by atoms with Crippen LogP contribution in [0.4, 0.5) is 4.39 Å². The zero-order valence-corrected chi connectivity index (χ0v) is 10.9. The van der Waals surface area contributed by atoms with Crippen LogP contribution in [-0.4, -0.2) is 48.9 Å². The number of hydrazine groups is 1. The molecule has 1 fully saturated rings. The fourth-order valence-electron chi connectivity index (χ4n) is 1.80. The van der Waals surface area contributed by atoms with E-state index in [4.69, 9.17) is 9.84 Å². The number of nitrogens with one attached hydrogen (secondary N) is 1. The van der Waals surface area contributed by atoms with Crippen molar-refractivity contribution in [2.24, 2.45) is 0 Å². The second-order valence-corrected chi connectivity index (χ2v) is 4.19. The number of hydrogen-bond acceptors (Lipinski definition) is 4. The van der Waals surface area contributed by atoms with Crippen molar-refractivity contribution in [1.29, 1.82) is 0 Å². The maximum Gasteiger partial charge on any atom is 0.268 e. The van der Waals surface area contributed by atoms with E-state index in [-0.39, 0.29) is 12.2 Å². The molecule has 1 aromatic rings. The second-order valence-electron chi connectivity index (χ2n) is 4.19. The molecular weight excluding hydrogens is 263 g/mol. The van der Waals surface area contributed by atoms with E-state index < -0.39 is 11.7 Å². The van der Waals surface area contributed by atoms with Gasteiger partial charge in [0.2, 0.25) is 0 Å². The summed E-state index contributed by atoms with van der Waals surface area (Å²) in [5, 5.41) is 10.3. The lowest BCUT2D eigenvalue weighted by atomic mass is 10.1. The molecular formula is C14H15FN2O3. The molecule has 0 atom stereocenters. The fourth-order valence-corrected chi connectivity index (χ4v) is 1.80. The van der Waals surface area contributed by atoms with Crippen LogP contribution < -0.4 is 5.43 Å². The van der Waals surface area contributed by atoms with Crippen LogP contribution in [-0.2, 0) is 4.74 Å². The topological polar surface area (TPSA) is 61.8 Å². The second kappa shape index (κ2) is 7.01. The van der Waals surface area contributed by atoms with E-state index in [1.807, 2.05) is 0 Å². The zero-order chi connectivity index (χ0) is 14.4. The average Bonchev–Trinajstić information content (AvgIpc) is 2.46. The summed E-state index contributed by atoms with van der Waals surface area (Å²) >= 11 is 0. The largest absolute Gasteiger partial charge is 0.384 e. The smallest absolute Gasteiger partial charge is 0.268 e. The maximum absolute atomic E-state index is 13.8. The Kier molecular flexibility index (Phi) is 5.07. The van der Waals surface area contributed by atoms with Crippen molar-refractivity contribution in [3.8, 4) is 11.8 Å². The number of aliphatic hydroxyl groups excluding tert-OH is 1. The number of rotatable bonds is 2.